The molecule has 2 fully saturated rings. The van der Waals surface area contributed by atoms with Crippen molar-refractivity contribution in [3.05, 3.63) is 0 Å². The molecule has 5 heteroatoms. The van der Waals surface area contributed by atoms with Crippen molar-refractivity contribution in [1.29, 1.82) is 0 Å². The van der Waals surface area contributed by atoms with E-state index in [-0.39, 0.29) is 12.0 Å². The summed E-state index contributed by atoms with van der Waals surface area (Å²) in [6.45, 7) is 11.6. The lowest BCUT2D eigenvalue weighted by Crippen LogP contribution is -2.54. The first kappa shape index (κ1) is 19.7. The Hall–Kier alpha value is -0.650. The maximum Gasteiger partial charge on any atom is 0.323 e. The van der Waals surface area contributed by atoms with Crippen LogP contribution in [0.1, 0.15) is 52.4 Å². The van der Waals surface area contributed by atoms with Gasteiger partial charge in [-0.3, -0.25) is 14.6 Å². The fourth-order valence-electron chi connectivity index (χ4n) is 3.80. The summed E-state index contributed by atoms with van der Waals surface area (Å²) in [6, 6.07) is 0.608. The predicted molar refractivity (Wildman–Crippen MR) is 98.2 cm³/mol. The van der Waals surface area contributed by atoms with Crippen LogP contribution in [0.25, 0.3) is 0 Å². The summed E-state index contributed by atoms with van der Waals surface area (Å²) in [5, 5.41) is 0. The van der Waals surface area contributed by atoms with Crippen LogP contribution in [0.2, 0.25) is 0 Å². The number of piperidine rings is 1. The van der Waals surface area contributed by atoms with Gasteiger partial charge in [-0.2, -0.15) is 0 Å². The molecular formula is C19H37N3O2. The van der Waals surface area contributed by atoms with E-state index in [1.165, 1.54) is 51.9 Å². The Labute approximate surface area is 148 Å². The van der Waals surface area contributed by atoms with E-state index in [2.05, 4.69) is 28.7 Å². The average molecular weight is 340 g/mol. The van der Waals surface area contributed by atoms with Crippen LogP contribution < -0.4 is 0 Å². The minimum absolute atomic E-state index is 0.0375. The topological polar surface area (TPSA) is 36.0 Å². The van der Waals surface area contributed by atoms with E-state index in [0.29, 0.717) is 12.6 Å². The van der Waals surface area contributed by atoms with E-state index in [1.54, 1.807) is 0 Å². The number of likely N-dealkylation sites (tertiary alicyclic amines) is 1. The van der Waals surface area contributed by atoms with Gasteiger partial charge < -0.3 is 9.64 Å². The number of carbonyl (C=O) groups is 1. The monoisotopic (exact) mass is 339 g/mol. The Morgan fingerprint density at radius 3 is 2.33 bits per heavy atom. The van der Waals surface area contributed by atoms with Crippen LogP contribution >= 0.6 is 0 Å². The van der Waals surface area contributed by atoms with Crippen molar-refractivity contribution in [3.63, 3.8) is 0 Å². The molecule has 2 aliphatic heterocycles. The van der Waals surface area contributed by atoms with Gasteiger partial charge in [-0.05, 0) is 33.2 Å². The Kier molecular flexibility index (Phi) is 8.50. The molecule has 0 aromatic heterocycles. The molecule has 0 saturated carbocycles. The second-order valence-electron chi connectivity index (χ2n) is 7.51. The van der Waals surface area contributed by atoms with Crippen molar-refractivity contribution in [1.82, 2.24) is 14.7 Å². The maximum absolute atomic E-state index is 12.2. The van der Waals surface area contributed by atoms with E-state index in [1.807, 2.05) is 6.92 Å². The summed E-state index contributed by atoms with van der Waals surface area (Å²) in [5.41, 5.74) is 0. The van der Waals surface area contributed by atoms with Gasteiger partial charge in [0.05, 0.1) is 6.61 Å². The van der Waals surface area contributed by atoms with Gasteiger partial charge in [-0.25, -0.2) is 0 Å². The van der Waals surface area contributed by atoms with Crippen molar-refractivity contribution in [3.8, 4) is 0 Å². The third kappa shape index (κ3) is 6.01. The summed E-state index contributed by atoms with van der Waals surface area (Å²) in [6.07, 6.45) is 6.96. The number of ether oxygens (including phenoxy) is 1. The van der Waals surface area contributed by atoms with E-state index < -0.39 is 0 Å². The fourth-order valence-corrected chi connectivity index (χ4v) is 3.80. The van der Waals surface area contributed by atoms with E-state index in [9.17, 15) is 4.79 Å². The molecule has 0 bridgehead atoms. The first-order valence-electron chi connectivity index (χ1n) is 9.95. The number of likely N-dealkylation sites (N-methyl/N-ethyl adjacent to an activating group) is 1. The van der Waals surface area contributed by atoms with Gasteiger partial charge in [0, 0.05) is 45.3 Å². The summed E-state index contributed by atoms with van der Waals surface area (Å²) < 4.78 is 5.46. The average Bonchev–Trinajstić information content (AvgIpc) is 2.61. The third-order valence-electron chi connectivity index (χ3n) is 5.68. The highest BCUT2D eigenvalue weighted by atomic mass is 16.5. The maximum atomic E-state index is 12.2. The highest BCUT2D eigenvalue weighted by molar-refractivity contribution is 5.75. The highest BCUT2D eigenvalue weighted by Crippen LogP contribution is 2.20. The lowest BCUT2D eigenvalue weighted by Gasteiger charge is -2.43. The third-order valence-corrected chi connectivity index (χ3v) is 5.68. The lowest BCUT2D eigenvalue weighted by molar-refractivity contribution is -0.150. The minimum atomic E-state index is -0.0929. The van der Waals surface area contributed by atoms with Gasteiger partial charge in [0.1, 0.15) is 6.04 Å². The second kappa shape index (κ2) is 10.4. The molecule has 1 atom stereocenters. The quantitative estimate of drug-likeness (QED) is 0.500. The van der Waals surface area contributed by atoms with Crippen LogP contribution in [0.3, 0.4) is 0 Å². The van der Waals surface area contributed by atoms with E-state index in [0.717, 1.165) is 25.9 Å². The number of carbonyl (C=O) groups excluding carboxylic acids is 1. The molecule has 1 unspecified atom stereocenters. The van der Waals surface area contributed by atoms with Crippen LogP contribution in [0.15, 0.2) is 0 Å². The summed E-state index contributed by atoms with van der Waals surface area (Å²) in [5.74, 6) is -0.0375. The Bertz CT molecular complexity index is 362. The molecule has 0 spiro atoms. The first-order chi connectivity index (χ1) is 11.6. The molecule has 140 valence electrons. The molecule has 0 radical (unpaired) electrons. The van der Waals surface area contributed by atoms with Gasteiger partial charge in [-0.15, -0.1) is 0 Å². The zero-order valence-corrected chi connectivity index (χ0v) is 16.0. The Morgan fingerprint density at radius 1 is 1.04 bits per heavy atom. The van der Waals surface area contributed by atoms with Gasteiger partial charge in [0.15, 0.2) is 0 Å². The minimum Gasteiger partial charge on any atom is -0.465 e. The number of hydrogen-bond donors (Lipinski definition) is 0. The number of esters is 1. The highest BCUT2D eigenvalue weighted by Gasteiger charge is 2.30. The molecule has 0 aliphatic carbocycles. The van der Waals surface area contributed by atoms with Crippen molar-refractivity contribution in [2.45, 2.75) is 64.5 Å². The van der Waals surface area contributed by atoms with Crippen LogP contribution in [-0.4, -0.2) is 85.7 Å². The fraction of sp³-hybridized carbons (Fsp3) is 0.947. The van der Waals surface area contributed by atoms with Crippen LogP contribution in [0.5, 0.6) is 0 Å². The number of rotatable bonds is 8. The number of nitrogens with zero attached hydrogens (tertiary/aromatic N) is 3. The molecule has 24 heavy (non-hydrogen) atoms. The molecule has 0 aromatic carbocycles. The van der Waals surface area contributed by atoms with Crippen molar-refractivity contribution in [2.24, 2.45) is 0 Å². The zero-order valence-electron chi connectivity index (χ0n) is 16.0. The lowest BCUT2D eigenvalue weighted by atomic mass is 10.0. The van der Waals surface area contributed by atoms with E-state index in [4.69, 9.17) is 4.74 Å². The standard InChI is InChI=1S/C19H37N3O2/c1-4-5-6-7-16-24-19(23)17(2)21-10-8-18(9-11-21)22-14-12-20(3)13-15-22/h17-18H,4-16H2,1-3H3. The first-order valence-corrected chi connectivity index (χ1v) is 9.95. The summed E-state index contributed by atoms with van der Waals surface area (Å²) >= 11 is 0. The molecule has 0 N–H and O–H groups in total. The predicted octanol–water partition coefficient (Wildman–Crippen LogP) is 2.21. The molecule has 0 aromatic rings. The van der Waals surface area contributed by atoms with Crippen molar-refractivity contribution < 1.29 is 9.53 Å². The molecule has 2 rings (SSSR count). The number of hydrogen-bond acceptors (Lipinski definition) is 5. The summed E-state index contributed by atoms with van der Waals surface area (Å²) in [7, 11) is 2.20. The molecular weight excluding hydrogens is 302 g/mol. The van der Waals surface area contributed by atoms with Gasteiger partial charge in [0.25, 0.3) is 0 Å². The van der Waals surface area contributed by atoms with Crippen LogP contribution in [0, 0.1) is 0 Å². The van der Waals surface area contributed by atoms with Crippen LogP contribution in [0.4, 0.5) is 0 Å². The van der Waals surface area contributed by atoms with Gasteiger partial charge in [0.2, 0.25) is 0 Å². The zero-order chi connectivity index (χ0) is 17.4. The largest absolute Gasteiger partial charge is 0.465 e. The molecule has 0 amide bonds. The summed E-state index contributed by atoms with van der Waals surface area (Å²) in [4.78, 5) is 19.6. The van der Waals surface area contributed by atoms with Gasteiger partial charge >= 0.3 is 5.97 Å². The number of unbranched alkanes of at least 4 members (excludes halogenated alkanes) is 3. The molecule has 5 nitrogen and oxygen atoms in total. The SMILES string of the molecule is CCCCCCOC(=O)C(C)N1CCC(N2CCN(C)CC2)CC1. The smallest absolute Gasteiger partial charge is 0.323 e. The normalized spacial score (nSPS) is 23.3. The second-order valence-corrected chi connectivity index (χ2v) is 7.51. The molecule has 2 heterocycles. The van der Waals surface area contributed by atoms with E-state index >= 15 is 0 Å². The molecule has 2 saturated heterocycles. The van der Waals surface area contributed by atoms with Crippen molar-refractivity contribution in [2.75, 3.05) is 52.9 Å². The van der Waals surface area contributed by atoms with Gasteiger partial charge in [-0.1, -0.05) is 26.2 Å². The Morgan fingerprint density at radius 2 is 1.71 bits per heavy atom. The van der Waals surface area contributed by atoms with Crippen molar-refractivity contribution >= 4 is 5.97 Å². The molecule has 2 aliphatic rings. The number of piperazine rings is 1. The Balaban J connectivity index is 1.64. The van der Waals surface area contributed by atoms with Crippen LogP contribution in [-0.2, 0) is 9.53 Å².